The standard InChI is InChI=1S/C35H43N5O4S.CH4.2H2S/c1-34(2,3)43-32(41)39-17-7-9-28(39)26-20-23-19-22(12-15-25(23)37-26)11-13-24-14-16-30(45-24)27-21-36-31(38-27)29-10-8-18-40(29)33(42)44-35(4,5)6;;;/h11-16,19,21,28-29H,7-10,17-18,20H2,1-6H3,(H,36,38);1H4;2*1H2/b13-11+;;;/t28-,29-;;;/m0.../s1. The maximum Gasteiger partial charge on any atom is 0.410 e. The molecular weight excluding hydrogens is 663 g/mol. The molecule has 0 bridgehead atoms. The van der Waals surface area contributed by atoms with Gasteiger partial charge in [-0.1, -0.05) is 19.6 Å². The zero-order valence-corrected chi connectivity index (χ0v) is 30.9. The van der Waals surface area contributed by atoms with Gasteiger partial charge in [0.15, 0.2) is 0 Å². The van der Waals surface area contributed by atoms with E-state index in [4.69, 9.17) is 14.5 Å². The van der Waals surface area contributed by atoms with Crippen molar-refractivity contribution in [3.8, 4) is 10.6 Å². The summed E-state index contributed by atoms with van der Waals surface area (Å²) in [6.45, 7) is 12.7. The Morgan fingerprint density at radius 2 is 1.52 bits per heavy atom. The normalized spacial score (nSPS) is 18.9. The number of thiophene rings is 1. The Morgan fingerprint density at radius 1 is 0.896 bits per heavy atom. The van der Waals surface area contributed by atoms with Gasteiger partial charge in [0.1, 0.15) is 17.0 Å². The second-order valence-electron chi connectivity index (χ2n) is 14.0. The van der Waals surface area contributed by atoms with E-state index in [1.54, 1.807) is 16.2 Å². The average molecular weight is 714 g/mol. The van der Waals surface area contributed by atoms with E-state index < -0.39 is 11.2 Å². The van der Waals surface area contributed by atoms with Gasteiger partial charge in [0, 0.05) is 30.1 Å². The van der Waals surface area contributed by atoms with Crippen LogP contribution in [0.15, 0.2) is 41.5 Å². The first kappa shape index (κ1) is 39.2. The van der Waals surface area contributed by atoms with E-state index in [0.717, 1.165) is 70.3 Å². The molecule has 2 aromatic heterocycles. The van der Waals surface area contributed by atoms with Crippen molar-refractivity contribution in [1.29, 1.82) is 0 Å². The quantitative estimate of drug-likeness (QED) is 0.284. The predicted octanol–water partition coefficient (Wildman–Crippen LogP) is 9.27. The van der Waals surface area contributed by atoms with Crippen LogP contribution in [0.3, 0.4) is 0 Å². The van der Waals surface area contributed by atoms with E-state index in [0.29, 0.717) is 13.1 Å². The summed E-state index contributed by atoms with van der Waals surface area (Å²) in [4.78, 5) is 44.5. The van der Waals surface area contributed by atoms with Gasteiger partial charge in [-0.15, -0.1) is 11.3 Å². The number of aromatic amines is 1. The molecular formula is C36H51N5O4S3. The molecule has 3 aliphatic rings. The van der Waals surface area contributed by atoms with Crippen LogP contribution < -0.4 is 0 Å². The van der Waals surface area contributed by atoms with Crippen LogP contribution >= 0.6 is 38.3 Å². The first-order chi connectivity index (χ1) is 21.3. The number of nitrogens with zero attached hydrogens (tertiary/aromatic N) is 4. The van der Waals surface area contributed by atoms with Crippen molar-refractivity contribution in [2.45, 2.75) is 104 Å². The van der Waals surface area contributed by atoms with Crippen LogP contribution in [0.4, 0.5) is 15.3 Å². The number of H-pyrrole nitrogens is 1. The van der Waals surface area contributed by atoms with Crippen molar-refractivity contribution in [3.05, 3.63) is 58.4 Å². The highest BCUT2D eigenvalue weighted by Gasteiger charge is 2.37. The molecule has 2 saturated heterocycles. The summed E-state index contributed by atoms with van der Waals surface area (Å²) in [7, 11) is 0. The molecule has 12 heteroatoms. The summed E-state index contributed by atoms with van der Waals surface area (Å²) in [6, 6.07) is 10.5. The number of hydrogen-bond acceptors (Lipinski definition) is 7. The number of aromatic nitrogens is 2. The number of benzene rings is 1. The molecule has 0 saturated carbocycles. The number of hydrogen-bond donors (Lipinski definition) is 1. The van der Waals surface area contributed by atoms with Gasteiger partial charge in [0.25, 0.3) is 0 Å². The number of carbonyl (C=O) groups excluding carboxylic acids is 2. The number of imidazole rings is 1. The van der Waals surface area contributed by atoms with E-state index in [2.05, 4.69) is 52.5 Å². The van der Waals surface area contributed by atoms with Crippen LogP contribution in [0, 0.1) is 0 Å². The number of aliphatic imine (C=N–C) groups is 1. The molecule has 0 spiro atoms. The van der Waals surface area contributed by atoms with Crippen LogP contribution in [0.2, 0.25) is 0 Å². The predicted molar refractivity (Wildman–Crippen MR) is 206 cm³/mol. The SMILES string of the molecule is C.CC(C)(C)OC(=O)N1CCC[C@H]1C1=Nc2ccc(/C=C/c3ccc(-c4cnc([C@@H]5CCCN5C(=O)OC(C)(C)C)[nH]4)s3)cc2C1.S.S. The van der Waals surface area contributed by atoms with Crippen LogP contribution in [0.25, 0.3) is 22.7 Å². The first-order valence-electron chi connectivity index (χ1n) is 15.9. The van der Waals surface area contributed by atoms with Gasteiger partial charge in [0.05, 0.1) is 34.5 Å². The van der Waals surface area contributed by atoms with E-state index in [9.17, 15) is 9.59 Å². The van der Waals surface area contributed by atoms with Crippen molar-refractivity contribution < 1.29 is 19.1 Å². The lowest BCUT2D eigenvalue weighted by atomic mass is 10.0. The van der Waals surface area contributed by atoms with Gasteiger partial charge in [-0.2, -0.15) is 27.0 Å². The number of carbonyl (C=O) groups is 2. The summed E-state index contributed by atoms with van der Waals surface area (Å²) in [5.41, 5.74) is 4.23. The smallest absolute Gasteiger partial charge is 0.410 e. The summed E-state index contributed by atoms with van der Waals surface area (Å²) >= 11 is 1.69. The number of fused-ring (bicyclic) bond motifs is 1. The monoisotopic (exact) mass is 713 g/mol. The fourth-order valence-corrected chi connectivity index (χ4v) is 7.06. The van der Waals surface area contributed by atoms with Crippen LogP contribution in [0.5, 0.6) is 0 Å². The van der Waals surface area contributed by atoms with E-state index in [-0.39, 0.29) is 58.7 Å². The van der Waals surface area contributed by atoms with Gasteiger partial charge >= 0.3 is 12.2 Å². The second kappa shape index (κ2) is 15.6. The zero-order chi connectivity index (χ0) is 31.9. The molecule has 2 fully saturated rings. The molecule has 2 amide bonds. The minimum absolute atomic E-state index is 0. The number of amides is 2. The lowest BCUT2D eigenvalue weighted by Crippen LogP contribution is -2.43. The molecule has 1 N–H and O–H groups in total. The van der Waals surface area contributed by atoms with Crippen molar-refractivity contribution in [2.24, 2.45) is 4.99 Å². The highest BCUT2D eigenvalue weighted by molar-refractivity contribution is 7.59. The average Bonchev–Trinajstić information content (AvgIpc) is 3.78. The minimum atomic E-state index is -0.531. The third-order valence-electron chi connectivity index (χ3n) is 8.13. The molecule has 0 aliphatic carbocycles. The van der Waals surface area contributed by atoms with Gasteiger partial charge in [0.2, 0.25) is 0 Å². The van der Waals surface area contributed by atoms with E-state index in [1.165, 1.54) is 5.56 Å². The molecule has 6 rings (SSSR count). The largest absolute Gasteiger partial charge is 0.444 e. The molecule has 262 valence electrons. The van der Waals surface area contributed by atoms with E-state index >= 15 is 0 Å². The summed E-state index contributed by atoms with van der Waals surface area (Å²) in [6.07, 6.45) is 9.98. The minimum Gasteiger partial charge on any atom is -0.444 e. The maximum atomic E-state index is 12.8. The highest BCUT2D eigenvalue weighted by Crippen LogP contribution is 2.36. The van der Waals surface area contributed by atoms with Crippen molar-refractivity contribution in [2.75, 3.05) is 13.1 Å². The van der Waals surface area contributed by atoms with Gasteiger partial charge < -0.3 is 14.5 Å². The third-order valence-corrected chi connectivity index (χ3v) is 9.21. The van der Waals surface area contributed by atoms with Crippen molar-refractivity contribution in [1.82, 2.24) is 19.8 Å². The second-order valence-corrected chi connectivity index (χ2v) is 15.2. The van der Waals surface area contributed by atoms with Gasteiger partial charge in [-0.3, -0.25) is 14.8 Å². The topological polar surface area (TPSA) is 100 Å². The Bertz CT molecular complexity index is 1650. The lowest BCUT2D eigenvalue weighted by Gasteiger charge is -2.28. The van der Waals surface area contributed by atoms with Crippen LogP contribution in [-0.4, -0.2) is 68.0 Å². The molecule has 2 atom stereocenters. The summed E-state index contributed by atoms with van der Waals surface area (Å²) in [5, 5.41) is 0. The molecule has 0 radical (unpaired) electrons. The maximum absolute atomic E-state index is 12.8. The zero-order valence-electron chi connectivity index (χ0n) is 28.1. The number of ether oxygens (including phenoxy) is 2. The fourth-order valence-electron chi connectivity index (χ4n) is 6.18. The van der Waals surface area contributed by atoms with Crippen LogP contribution in [-0.2, 0) is 15.9 Å². The summed E-state index contributed by atoms with van der Waals surface area (Å²) in [5.74, 6) is 0.797. The van der Waals surface area contributed by atoms with Crippen LogP contribution in [0.1, 0.15) is 103 Å². The van der Waals surface area contributed by atoms with Crippen molar-refractivity contribution >= 4 is 74.1 Å². The lowest BCUT2D eigenvalue weighted by molar-refractivity contribution is 0.0216. The summed E-state index contributed by atoms with van der Waals surface area (Å²) < 4.78 is 11.3. The molecule has 3 aliphatic heterocycles. The molecule has 1 aromatic carbocycles. The Hall–Kier alpha value is -3.22. The van der Waals surface area contributed by atoms with Gasteiger partial charge in [-0.05, 0) is 109 Å². The Kier molecular flexibility index (Phi) is 12.7. The Labute approximate surface area is 303 Å². The number of rotatable bonds is 5. The number of likely N-dealkylation sites (tertiary alicyclic amines) is 2. The number of nitrogens with one attached hydrogen (secondary N) is 1. The highest BCUT2D eigenvalue weighted by atomic mass is 32.1. The third kappa shape index (κ3) is 9.06. The fraction of sp³-hybridized carbons (Fsp3) is 0.500. The molecule has 3 aromatic rings. The van der Waals surface area contributed by atoms with E-state index in [1.807, 2.05) is 52.6 Å². The van der Waals surface area contributed by atoms with Crippen molar-refractivity contribution in [3.63, 3.8) is 0 Å². The van der Waals surface area contributed by atoms with Gasteiger partial charge in [-0.25, -0.2) is 14.6 Å². The Morgan fingerprint density at radius 3 is 2.17 bits per heavy atom. The molecule has 48 heavy (non-hydrogen) atoms. The molecule has 9 nitrogen and oxygen atoms in total. The first-order valence-corrected chi connectivity index (χ1v) is 16.7. The Balaban J connectivity index is 0.00000208. The molecule has 0 unspecified atom stereocenters. The molecule has 5 heterocycles.